The van der Waals surface area contributed by atoms with Gasteiger partial charge in [0, 0.05) is 30.0 Å². The van der Waals surface area contributed by atoms with Crippen molar-refractivity contribution in [3.05, 3.63) is 34.2 Å². The van der Waals surface area contributed by atoms with Crippen molar-refractivity contribution in [3.63, 3.8) is 0 Å². The fourth-order valence-electron chi connectivity index (χ4n) is 3.93. The van der Waals surface area contributed by atoms with Gasteiger partial charge in [0.05, 0.1) is 0 Å². The Bertz CT molecular complexity index is 1380. The predicted molar refractivity (Wildman–Crippen MR) is 152 cm³/mol. The van der Waals surface area contributed by atoms with E-state index in [1.807, 2.05) is 0 Å². The van der Waals surface area contributed by atoms with E-state index < -0.39 is 48.0 Å². The maximum Gasteiger partial charge on any atom is 0.352 e. The molecule has 0 bridgehead atoms. The normalized spacial score (nSPS) is 22.4. The molecule has 4 rings (SSSR count). The summed E-state index contributed by atoms with van der Waals surface area (Å²) >= 11 is 3.57. The second-order valence-electron chi connectivity index (χ2n) is 8.53. The second-order valence-corrected chi connectivity index (χ2v) is 11.5. The second kappa shape index (κ2) is 12.8. The van der Waals surface area contributed by atoms with E-state index in [0.717, 1.165) is 16.2 Å². The molecule has 0 radical (unpaired) electrons. The molecule has 19 heteroatoms. The number of thiazole rings is 1. The molecule has 1 aromatic rings. The van der Waals surface area contributed by atoms with E-state index in [0.29, 0.717) is 10.7 Å². The number of thioether (sulfide) groups is 2. The first-order chi connectivity index (χ1) is 19.5. The summed E-state index contributed by atoms with van der Waals surface area (Å²) in [6.07, 6.45) is 0.680. The molecule has 3 atom stereocenters. The van der Waals surface area contributed by atoms with E-state index in [9.17, 15) is 24.3 Å². The fraction of sp³-hybridized carbons (Fsp3) is 0.409. The number of rotatable bonds is 11. The minimum atomic E-state index is -1.29. The van der Waals surface area contributed by atoms with Gasteiger partial charge in [-0.1, -0.05) is 16.9 Å². The SMILES string of the molecule is CCO/N=C(\C(=O)NC1C(=O)N2C(C(=O)O)=C(CSC3=NC(N)=CC(OCC(=O)O)N3C)CS[C@@H]12)c1csc(N)n1. The van der Waals surface area contributed by atoms with Gasteiger partial charge in [0.1, 0.15) is 41.8 Å². The molecule has 0 aromatic carbocycles. The Labute approximate surface area is 245 Å². The Kier molecular flexibility index (Phi) is 9.41. The largest absolute Gasteiger partial charge is 0.480 e. The zero-order valence-corrected chi connectivity index (χ0v) is 24.1. The first-order valence-corrected chi connectivity index (χ1v) is 14.8. The van der Waals surface area contributed by atoms with E-state index in [1.54, 1.807) is 18.9 Å². The zero-order valence-electron chi connectivity index (χ0n) is 21.7. The Balaban J connectivity index is 1.46. The predicted octanol–water partition coefficient (Wildman–Crippen LogP) is -0.533. The maximum atomic E-state index is 13.1. The molecule has 4 heterocycles. The molecule has 220 valence electrons. The highest BCUT2D eigenvalue weighted by Crippen LogP contribution is 2.41. The number of carbonyl (C=O) groups excluding carboxylic acids is 2. The van der Waals surface area contributed by atoms with Crippen LogP contribution in [0.1, 0.15) is 12.6 Å². The van der Waals surface area contributed by atoms with Gasteiger partial charge in [-0.25, -0.2) is 19.6 Å². The maximum absolute atomic E-state index is 13.1. The van der Waals surface area contributed by atoms with Gasteiger partial charge >= 0.3 is 11.9 Å². The number of hydrogen-bond acceptors (Lipinski definition) is 15. The quantitative estimate of drug-likeness (QED) is 0.118. The molecular formula is C22H26N8O8S3. The van der Waals surface area contributed by atoms with Gasteiger partial charge in [0.2, 0.25) is 0 Å². The number of nitrogens with one attached hydrogen (secondary N) is 1. The van der Waals surface area contributed by atoms with Crippen LogP contribution in [0.25, 0.3) is 0 Å². The summed E-state index contributed by atoms with van der Waals surface area (Å²) in [4.78, 5) is 65.3. The van der Waals surface area contributed by atoms with Crippen LogP contribution in [-0.2, 0) is 28.8 Å². The van der Waals surface area contributed by atoms with Crippen LogP contribution in [0.5, 0.6) is 0 Å². The number of anilines is 1. The lowest BCUT2D eigenvalue weighted by Crippen LogP contribution is -2.71. The number of aromatic nitrogens is 1. The van der Waals surface area contributed by atoms with Crippen LogP contribution in [0.3, 0.4) is 0 Å². The molecule has 2 unspecified atom stereocenters. The van der Waals surface area contributed by atoms with Gasteiger partial charge in [-0.15, -0.1) is 23.1 Å². The fourth-order valence-corrected chi connectivity index (χ4v) is 6.97. The molecule has 0 spiro atoms. The molecular weight excluding hydrogens is 600 g/mol. The molecule has 3 aliphatic rings. The van der Waals surface area contributed by atoms with Gasteiger partial charge in [-0.3, -0.25) is 14.5 Å². The summed E-state index contributed by atoms with van der Waals surface area (Å²) in [6, 6.07) is -0.996. The van der Waals surface area contributed by atoms with E-state index in [2.05, 4.69) is 20.4 Å². The van der Waals surface area contributed by atoms with E-state index in [-0.39, 0.29) is 46.2 Å². The van der Waals surface area contributed by atoms with Crippen LogP contribution < -0.4 is 16.8 Å². The summed E-state index contributed by atoms with van der Waals surface area (Å²) in [5.41, 5.74) is 11.9. The zero-order chi connectivity index (χ0) is 29.8. The minimum Gasteiger partial charge on any atom is -0.480 e. The molecule has 0 saturated carbocycles. The lowest BCUT2D eigenvalue weighted by atomic mass is 10.0. The number of carboxylic acid groups (broad SMARTS) is 2. The number of carboxylic acids is 2. The van der Waals surface area contributed by atoms with E-state index in [4.69, 9.17) is 26.1 Å². The van der Waals surface area contributed by atoms with Crippen molar-refractivity contribution in [2.24, 2.45) is 15.9 Å². The third-order valence-electron chi connectivity index (χ3n) is 5.78. The number of nitrogens with two attached hydrogens (primary N) is 2. The average molecular weight is 627 g/mol. The topological polar surface area (TPSA) is 235 Å². The van der Waals surface area contributed by atoms with Gasteiger partial charge in [-0.05, 0) is 12.5 Å². The molecule has 7 N–H and O–H groups in total. The van der Waals surface area contributed by atoms with Crippen molar-refractivity contribution < 1.29 is 39.0 Å². The Morgan fingerprint density at radius 2 is 2.07 bits per heavy atom. The van der Waals surface area contributed by atoms with Gasteiger partial charge in [0.15, 0.2) is 22.2 Å². The lowest BCUT2D eigenvalue weighted by Gasteiger charge is -2.49. The summed E-state index contributed by atoms with van der Waals surface area (Å²) in [5.74, 6) is -3.21. The smallest absolute Gasteiger partial charge is 0.352 e. The molecule has 1 saturated heterocycles. The lowest BCUT2D eigenvalue weighted by molar-refractivity contribution is -0.150. The summed E-state index contributed by atoms with van der Waals surface area (Å²) < 4.78 is 5.33. The first-order valence-electron chi connectivity index (χ1n) is 11.9. The standard InChI is InChI=1S/C22H26N8O8S3/c1-3-38-28-14(10-8-40-21(24)25-10)17(33)27-15-18(34)30-16(20(35)36)9(6-39-19(15)30)7-41-22-26-11(23)4-12(29(22)2)37-5-13(31)32/h4,8,12,15,19H,3,5-7,23H2,1-2H3,(H2,24,25)(H,27,33)(H,31,32)(H,35,36)/b28-14-/t12?,15?,19-/m0/s1. The highest BCUT2D eigenvalue weighted by atomic mass is 32.2. The van der Waals surface area contributed by atoms with Crippen LogP contribution >= 0.6 is 34.9 Å². The first kappa shape index (κ1) is 30.2. The highest BCUT2D eigenvalue weighted by molar-refractivity contribution is 8.14. The molecule has 2 amide bonds. The number of likely N-dealkylation sites (N-methyl/N-ethyl adjacent to an activating group) is 1. The number of amides is 2. The number of aliphatic carboxylic acids is 2. The van der Waals surface area contributed by atoms with E-state index >= 15 is 0 Å². The van der Waals surface area contributed by atoms with E-state index in [1.165, 1.54) is 35.0 Å². The summed E-state index contributed by atoms with van der Waals surface area (Å²) in [5, 5.41) is 26.8. The summed E-state index contributed by atoms with van der Waals surface area (Å²) in [7, 11) is 1.63. The van der Waals surface area contributed by atoms with Crippen LogP contribution in [0, 0.1) is 0 Å². The van der Waals surface area contributed by atoms with Gasteiger partial charge in [-0.2, -0.15) is 0 Å². The van der Waals surface area contributed by atoms with Crippen LogP contribution in [0.2, 0.25) is 0 Å². The van der Waals surface area contributed by atoms with Crippen molar-refractivity contribution in [2.45, 2.75) is 24.6 Å². The van der Waals surface area contributed by atoms with Crippen LogP contribution in [0.4, 0.5) is 5.13 Å². The average Bonchev–Trinajstić information content (AvgIpc) is 3.36. The molecule has 16 nitrogen and oxygen atoms in total. The van der Waals surface area contributed by atoms with Crippen LogP contribution in [0.15, 0.2) is 38.7 Å². The number of ether oxygens (including phenoxy) is 1. The van der Waals surface area contributed by atoms with Crippen molar-refractivity contribution in [3.8, 4) is 0 Å². The Morgan fingerprint density at radius 1 is 1.32 bits per heavy atom. The van der Waals surface area contributed by atoms with Gasteiger partial charge in [0.25, 0.3) is 11.8 Å². The number of carbonyl (C=O) groups is 4. The van der Waals surface area contributed by atoms with Crippen molar-refractivity contribution in [1.82, 2.24) is 20.1 Å². The number of hydrogen-bond donors (Lipinski definition) is 5. The number of nitrogen functional groups attached to an aromatic ring is 1. The minimum absolute atomic E-state index is 0.121. The number of nitrogens with zero attached hydrogens (tertiary/aromatic N) is 5. The number of β-lactam (4-membered cyclic amide) rings is 1. The van der Waals surface area contributed by atoms with Crippen molar-refractivity contribution in [1.29, 1.82) is 0 Å². The number of fused-ring (bicyclic) bond motifs is 1. The third kappa shape index (κ3) is 6.58. The molecule has 41 heavy (non-hydrogen) atoms. The highest BCUT2D eigenvalue weighted by Gasteiger charge is 2.54. The molecule has 0 aliphatic carbocycles. The number of aliphatic imine (C=N–C) groups is 1. The Morgan fingerprint density at radius 3 is 2.71 bits per heavy atom. The Hall–Kier alpha value is -3.81. The molecule has 3 aliphatic heterocycles. The monoisotopic (exact) mass is 626 g/mol. The molecule has 1 fully saturated rings. The van der Waals surface area contributed by atoms with Crippen molar-refractivity contribution >= 4 is 74.6 Å². The number of amidine groups is 1. The van der Waals surface area contributed by atoms with Crippen LogP contribution in [-0.4, -0.2) is 109 Å². The number of oxime groups is 1. The third-order valence-corrected chi connectivity index (χ3v) is 8.92. The summed E-state index contributed by atoms with van der Waals surface area (Å²) in [6.45, 7) is 1.33. The van der Waals surface area contributed by atoms with Crippen molar-refractivity contribution in [2.75, 3.05) is 37.5 Å². The van der Waals surface area contributed by atoms with Gasteiger partial charge < -0.3 is 41.5 Å². The molecule has 1 aromatic heterocycles.